The minimum Gasteiger partial charge on any atom is -0.339 e. The Morgan fingerprint density at radius 2 is 1.75 bits per heavy atom. The number of nitrogens with two attached hydrogens (primary N) is 1. The molecule has 182 valence electrons. The lowest BCUT2D eigenvalue weighted by Gasteiger charge is -2.19. The van der Waals surface area contributed by atoms with Crippen LogP contribution in [0.25, 0.3) is 33.3 Å². The van der Waals surface area contributed by atoms with Crippen molar-refractivity contribution in [3.63, 3.8) is 0 Å². The van der Waals surface area contributed by atoms with E-state index in [4.69, 9.17) is 11.0 Å². The highest BCUT2D eigenvalue weighted by Gasteiger charge is 2.35. The summed E-state index contributed by atoms with van der Waals surface area (Å²) in [5.41, 5.74) is 5.04. The third-order valence-electron chi connectivity index (χ3n) is 6.16. The van der Waals surface area contributed by atoms with E-state index in [-0.39, 0.29) is 22.9 Å². The van der Waals surface area contributed by atoms with Crippen molar-refractivity contribution in [3.8, 4) is 28.5 Å². The summed E-state index contributed by atoms with van der Waals surface area (Å²) in [6.45, 7) is 1.12. The zero-order chi connectivity index (χ0) is 25.6. The maximum absolute atomic E-state index is 14.7. The molecule has 5 rings (SSSR count). The van der Waals surface area contributed by atoms with Gasteiger partial charge in [-0.05, 0) is 48.4 Å². The van der Waals surface area contributed by atoms with Gasteiger partial charge in [-0.1, -0.05) is 18.2 Å². The third-order valence-corrected chi connectivity index (χ3v) is 6.16. The molecule has 0 spiro atoms. The minimum absolute atomic E-state index is 0.0252. The normalized spacial score (nSPS) is 15.9. The quantitative estimate of drug-likeness (QED) is 0.371. The average molecular weight is 495 g/mol. The number of alkyl halides is 3. The van der Waals surface area contributed by atoms with Gasteiger partial charge in [0.15, 0.2) is 0 Å². The number of nitrogens with zero attached hydrogens (tertiary/aromatic N) is 4. The van der Waals surface area contributed by atoms with Crippen molar-refractivity contribution in [2.45, 2.75) is 18.6 Å². The lowest BCUT2D eigenvalue weighted by atomic mass is 9.95. The maximum atomic E-state index is 14.7. The second kappa shape index (κ2) is 8.84. The molecule has 2 N–H and O–H groups in total. The van der Waals surface area contributed by atoms with Gasteiger partial charge in [-0.2, -0.15) is 18.4 Å². The number of hydrogen-bond donors (Lipinski definition) is 1. The maximum Gasteiger partial charge on any atom is 0.417 e. The molecule has 0 saturated carbocycles. The van der Waals surface area contributed by atoms with Gasteiger partial charge in [0.2, 0.25) is 5.95 Å². The highest BCUT2D eigenvalue weighted by atomic mass is 19.4. The van der Waals surface area contributed by atoms with Crippen LogP contribution in [0.4, 0.5) is 27.9 Å². The second-order valence-corrected chi connectivity index (χ2v) is 8.57. The van der Waals surface area contributed by atoms with E-state index in [1.54, 1.807) is 6.07 Å². The summed E-state index contributed by atoms with van der Waals surface area (Å²) < 4.78 is 70.2. The predicted octanol–water partition coefficient (Wildman–Crippen LogP) is 5.67. The first-order valence-corrected chi connectivity index (χ1v) is 11.0. The Kier molecular flexibility index (Phi) is 5.80. The number of nitriles is 1. The van der Waals surface area contributed by atoms with Crippen LogP contribution in [0.1, 0.15) is 17.5 Å². The van der Waals surface area contributed by atoms with Gasteiger partial charge in [-0.3, -0.25) is 0 Å². The summed E-state index contributed by atoms with van der Waals surface area (Å²) in [4.78, 5) is 11.0. The number of benzene rings is 3. The molecule has 4 aromatic rings. The standard InChI is InChI=1S/C26H18F5N5/c27-20-3-1-2-19(26(29,30)31)23(20)14-6-7-22-18(10-14)24(15-4-5-16(12-32)21(28)11-15)35-25(34-22)36-9-8-17(33)13-36/h1-7,10-11,17H,8-9,13,33H2/t17-/m0/s1. The summed E-state index contributed by atoms with van der Waals surface area (Å²) in [5, 5.41) is 9.39. The zero-order valence-corrected chi connectivity index (χ0v) is 18.7. The molecule has 1 aromatic heterocycles. The molecule has 5 nitrogen and oxygen atoms in total. The SMILES string of the molecule is N#Cc1ccc(-c2nc(N3CC[C@H](N)C3)nc3ccc(-c4c(F)cccc4C(F)(F)F)cc23)cc1F. The van der Waals surface area contributed by atoms with Crippen LogP contribution < -0.4 is 10.6 Å². The molecule has 1 aliphatic rings. The lowest BCUT2D eigenvalue weighted by Crippen LogP contribution is -2.27. The van der Waals surface area contributed by atoms with Crippen molar-refractivity contribution < 1.29 is 22.0 Å². The molecule has 0 unspecified atom stereocenters. The van der Waals surface area contributed by atoms with Crippen LogP contribution in [0, 0.1) is 23.0 Å². The molecule has 0 amide bonds. The van der Waals surface area contributed by atoms with Gasteiger partial charge in [-0.25, -0.2) is 18.7 Å². The summed E-state index contributed by atoms with van der Waals surface area (Å²) in [6, 6.07) is 12.6. The van der Waals surface area contributed by atoms with Gasteiger partial charge in [0.05, 0.1) is 22.3 Å². The van der Waals surface area contributed by atoms with Gasteiger partial charge in [0.25, 0.3) is 0 Å². The molecule has 1 saturated heterocycles. The Bertz CT molecular complexity index is 1530. The Balaban J connectivity index is 1.76. The smallest absolute Gasteiger partial charge is 0.339 e. The highest BCUT2D eigenvalue weighted by molar-refractivity contribution is 5.96. The number of rotatable bonds is 3. The summed E-state index contributed by atoms with van der Waals surface area (Å²) in [6.07, 6.45) is -4.05. The monoisotopic (exact) mass is 495 g/mol. The first kappa shape index (κ1) is 23.6. The van der Waals surface area contributed by atoms with E-state index in [1.807, 2.05) is 4.90 Å². The van der Waals surface area contributed by atoms with Crippen LogP contribution in [-0.4, -0.2) is 29.1 Å². The molecule has 36 heavy (non-hydrogen) atoms. The highest BCUT2D eigenvalue weighted by Crippen LogP contribution is 2.40. The van der Waals surface area contributed by atoms with Crippen molar-refractivity contribution in [2.75, 3.05) is 18.0 Å². The fourth-order valence-corrected chi connectivity index (χ4v) is 4.41. The molecular formula is C26H18F5N5. The molecule has 1 fully saturated rings. The van der Waals surface area contributed by atoms with Crippen molar-refractivity contribution >= 4 is 16.9 Å². The summed E-state index contributed by atoms with van der Waals surface area (Å²) in [7, 11) is 0. The van der Waals surface area contributed by atoms with E-state index in [2.05, 4.69) is 9.97 Å². The Hall–Kier alpha value is -4.10. The van der Waals surface area contributed by atoms with Crippen LogP contribution >= 0.6 is 0 Å². The molecule has 1 aliphatic heterocycles. The number of aromatic nitrogens is 2. The molecule has 2 heterocycles. The molecular weight excluding hydrogens is 477 g/mol. The van der Waals surface area contributed by atoms with Crippen LogP contribution in [0.15, 0.2) is 54.6 Å². The number of anilines is 1. The predicted molar refractivity (Wildman–Crippen MR) is 125 cm³/mol. The van der Waals surface area contributed by atoms with E-state index in [0.717, 1.165) is 30.7 Å². The van der Waals surface area contributed by atoms with Crippen LogP contribution in [0.5, 0.6) is 0 Å². The van der Waals surface area contributed by atoms with Gasteiger partial charge < -0.3 is 10.6 Å². The van der Waals surface area contributed by atoms with Gasteiger partial charge in [-0.15, -0.1) is 0 Å². The van der Waals surface area contributed by atoms with Crippen molar-refractivity contribution in [1.29, 1.82) is 5.26 Å². The van der Waals surface area contributed by atoms with E-state index in [9.17, 15) is 22.0 Å². The van der Waals surface area contributed by atoms with Gasteiger partial charge in [0.1, 0.15) is 17.7 Å². The first-order valence-electron chi connectivity index (χ1n) is 11.0. The molecule has 0 aliphatic carbocycles. The summed E-state index contributed by atoms with van der Waals surface area (Å²) >= 11 is 0. The number of halogens is 5. The molecule has 0 bridgehead atoms. The van der Waals surface area contributed by atoms with Crippen molar-refractivity contribution in [2.24, 2.45) is 5.73 Å². The molecule has 3 aromatic carbocycles. The topological polar surface area (TPSA) is 78.8 Å². The Morgan fingerprint density at radius 3 is 2.42 bits per heavy atom. The van der Waals surface area contributed by atoms with Gasteiger partial charge in [0, 0.05) is 35.6 Å². The molecule has 0 radical (unpaired) electrons. The van der Waals surface area contributed by atoms with Crippen LogP contribution in [0.3, 0.4) is 0 Å². The summed E-state index contributed by atoms with van der Waals surface area (Å²) in [5.74, 6) is -1.46. The van der Waals surface area contributed by atoms with Crippen LogP contribution in [0.2, 0.25) is 0 Å². The Morgan fingerprint density at radius 1 is 0.972 bits per heavy atom. The largest absolute Gasteiger partial charge is 0.417 e. The zero-order valence-electron chi connectivity index (χ0n) is 18.7. The number of fused-ring (bicyclic) bond motifs is 1. The molecule has 10 heteroatoms. The van der Waals surface area contributed by atoms with Crippen LogP contribution in [-0.2, 0) is 6.18 Å². The van der Waals surface area contributed by atoms with Crippen molar-refractivity contribution in [3.05, 3.63) is 77.4 Å². The first-order chi connectivity index (χ1) is 17.2. The van der Waals surface area contributed by atoms with E-state index in [1.165, 1.54) is 30.3 Å². The fraction of sp³-hybridized carbons (Fsp3) is 0.192. The average Bonchev–Trinajstić information content (AvgIpc) is 3.28. The third kappa shape index (κ3) is 4.22. The van der Waals surface area contributed by atoms with E-state index >= 15 is 0 Å². The lowest BCUT2D eigenvalue weighted by molar-refractivity contribution is -0.137. The van der Waals surface area contributed by atoms with Gasteiger partial charge >= 0.3 is 6.18 Å². The Labute approximate surface area is 202 Å². The molecule has 1 atom stereocenters. The van der Waals surface area contributed by atoms with E-state index in [0.29, 0.717) is 35.5 Å². The fourth-order valence-electron chi connectivity index (χ4n) is 4.41. The second-order valence-electron chi connectivity index (χ2n) is 8.57. The minimum atomic E-state index is -4.78. The number of hydrogen-bond acceptors (Lipinski definition) is 5. The van der Waals surface area contributed by atoms with Crippen molar-refractivity contribution in [1.82, 2.24) is 9.97 Å². The van der Waals surface area contributed by atoms with E-state index < -0.39 is 28.9 Å².